The third-order valence-electron chi connectivity index (χ3n) is 2.61. The van der Waals surface area contributed by atoms with Crippen molar-refractivity contribution in [2.24, 2.45) is 0 Å². The number of benzene rings is 2. The third-order valence-corrected chi connectivity index (χ3v) is 3.67. The zero-order chi connectivity index (χ0) is 16.3. The molecule has 0 radical (unpaired) electrons. The van der Waals surface area contributed by atoms with E-state index in [0.717, 1.165) is 0 Å². The van der Waals surface area contributed by atoms with Crippen LogP contribution in [0.2, 0.25) is 15.1 Å². The van der Waals surface area contributed by atoms with Gasteiger partial charge in [0.2, 0.25) is 0 Å². The molecule has 0 unspecified atom stereocenters. The van der Waals surface area contributed by atoms with E-state index in [2.05, 4.69) is 10.6 Å². The van der Waals surface area contributed by atoms with Crippen LogP contribution in [0.5, 0.6) is 5.75 Å². The number of nitrogens with one attached hydrogen (secondary N) is 2. The molecule has 8 heteroatoms. The van der Waals surface area contributed by atoms with Crippen LogP contribution < -0.4 is 10.6 Å². The molecule has 22 heavy (non-hydrogen) atoms. The van der Waals surface area contributed by atoms with Crippen molar-refractivity contribution < 1.29 is 14.7 Å². The van der Waals surface area contributed by atoms with Crippen LogP contribution >= 0.6 is 34.8 Å². The van der Waals surface area contributed by atoms with Gasteiger partial charge in [-0.05, 0) is 30.3 Å². The summed E-state index contributed by atoms with van der Waals surface area (Å²) < 4.78 is 0. The Bertz CT molecular complexity index is 736. The highest BCUT2D eigenvalue weighted by Gasteiger charge is 2.17. The lowest BCUT2D eigenvalue weighted by molar-refractivity contribution is -0.133. The van der Waals surface area contributed by atoms with Crippen LogP contribution in [0.25, 0.3) is 0 Å². The van der Waals surface area contributed by atoms with Gasteiger partial charge in [0.15, 0.2) is 0 Å². The van der Waals surface area contributed by atoms with Gasteiger partial charge in [0.05, 0.1) is 21.4 Å². The number of phenols is 1. The summed E-state index contributed by atoms with van der Waals surface area (Å²) in [6.45, 7) is 0. The lowest BCUT2D eigenvalue weighted by Crippen LogP contribution is -2.29. The highest BCUT2D eigenvalue weighted by molar-refractivity contribution is 6.47. The molecular weight excluding hydrogens is 351 g/mol. The molecule has 5 nitrogen and oxygen atoms in total. The van der Waals surface area contributed by atoms with Gasteiger partial charge in [-0.2, -0.15) is 0 Å². The number of carbonyl (C=O) groups is 2. The Morgan fingerprint density at radius 1 is 0.909 bits per heavy atom. The van der Waals surface area contributed by atoms with Crippen LogP contribution in [0.1, 0.15) is 0 Å². The normalized spacial score (nSPS) is 10.1. The van der Waals surface area contributed by atoms with Crippen LogP contribution in [0, 0.1) is 0 Å². The van der Waals surface area contributed by atoms with E-state index in [1.807, 2.05) is 0 Å². The fraction of sp³-hybridized carbons (Fsp3) is 0. The SMILES string of the molecule is O=C(Nc1cc(Cl)ccc1O)C(=O)Nc1cccc(Cl)c1Cl. The average molecular weight is 360 g/mol. The zero-order valence-corrected chi connectivity index (χ0v) is 13.1. The molecule has 2 rings (SSSR count). The van der Waals surface area contributed by atoms with Gasteiger partial charge in [-0.15, -0.1) is 0 Å². The number of hydrogen-bond donors (Lipinski definition) is 3. The number of hydrogen-bond acceptors (Lipinski definition) is 3. The van der Waals surface area contributed by atoms with E-state index in [1.54, 1.807) is 12.1 Å². The summed E-state index contributed by atoms with van der Waals surface area (Å²) in [5, 5.41) is 14.8. The fourth-order valence-electron chi connectivity index (χ4n) is 1.57. The molecule has 0 aliphatic rings. The highest BCUT2D eigenvalue weighted by atomic mass is 35.5. The van der Waals surface area contributed by atoms with E-state index in [9.17, 15) is 14.7 Å². The topological polar surface area (TPSA) is 78.4 Å². The average Bonchev–Trinajstić information content (AvgIpc) is 2.47. The second kappa shape index (κ2) is 6.87. The van der Waals surface area contributed by atoms with Gasteiger partial charge < -0.3 is 15.7 Å². The monoisotopic (exact) mass is 358 g/mol. The molecule has 0 aliphatic carbocycles. The number of carbonyl (C=O) groups excluding carboxylic acids is 2. The van der Waals surface area contributed by atoms with Gasteiger partial charge in [-0.1, -0.05) is 40.9 Å². The summed E-state index contributed by atoms with van der Waals surface area (Å²) in [5.74, 6) is -2.18. The molecule has 2 aromatic rings. The third kappa shape index (κ3) is 3.82. The van der Waals surface area contributed by atoms with Crippen LogP contribution in [-0.2, 0) is 9.59 Å². The Hall–Kier alpha value is -1.95. The van der Waals surface area contributed by atoms with Crippen molar-refractivity contribution >= 4 is 58.0 Å². The predicted molar refractivity (Wildman–Crippen MR) is 86.8 cm³/mol. The Labute approximate surface area is 140 Å². The smallest absolute Gasteiger partial charge is 0.314 e. The quantitative estimate of drug-likeness (QED) is 0.561. The first-order valence-electron chi connectivity index (χ1n) is 5.93. The van der Waals surface area contributed by atoms with Gasteiger partial charge in [0.25, 0.3) is 0 Å². The summed E-state index contributed by atoms with van der Waals surface area (Å²) in [7, 11) is 0. The molecule has 114 valence electrons. The lowest BCUT2D eigenvalue weighted by atomic mass is 10.3. The van der Waals surface area contributed by atoms with Crippen LogP contribution in [0.3, 0.4) is 0 Å². The zero-order valence-electron chi connectivity index (χ0n) is 10.9. The summed E-state index contributed by atoms with van der Waals surface area (Å²) in [6.07, 6.45) is 0. The van der Waals surface area contributed by atoms with E-state index in [4.69, 9.17) is 34.8 Å². The lowest BCUT2D eigenvalue weighted by Gasteiger charge is -2.09. The molecule has 0 saturated carbocycles. The Balaban J connectivity index is 2.11. The highest BCUT2D eigenvalue weighted by Crippen LogP contribution is 2.30. The summed E-state index contributed by atoms with van der Waals surface area (Å²) >= 11 is 17.5. The maximum atomic E-state index is 11.8. The first-order valence-corrected chi connectivity index (χ1v) is 7.06. The van der Waals surface area contributed by atoms with Crippen molar-refractivity contribution in [2.75, 3.05) is 10.6 Å². The molecule has 0 heterocycles. The molecule has 2 aromatic carbocycles. The van der Waals surface area contributed by atoms with Gasteiger partial charge in [0.1, 0.15) is 5.75 Å². The number of halogens is 3. The molecule has 0 saturated heterocycles. The molecule has 2 amide bonds. The minimum absolute atomic E-state index is 0.0184. The molecule has 3 N–H and O–H groups in total. The van der Waals surface area contributed by atoms with Crippen molar-refractivity contribution in [3.63, 3.8) is 0 Å². The predicted octanol–water partition coefficient (Wildman–Crippen LogP) is 3.93. The number of amides is 2. The van der Waals surface area contributed by atoms with E-state index in [0.29, 0.717) is 5.02 Å². The van der Waals surface area contributed by atoms with Crippen molar-refractivity contribution in [3.8, 4) is 5.75 Å². The van der Waals surface area contributed by atoms with Crippen molar-refractivity contribution in [3.05, 3.63) is 51.5 Å². The number of anilines is 2. The van der Waals surface area contributed by atoms with E-state index >= 15 is 0 Å². The second-order valence-electron chi connectivity index (χ2n) is 4.17. The first-order chi connectivity index (χ1) is 10.4. The number of phenolic OH excluding ortho intramolecular Hbond substituents is 1. The van der Waals surface area contributed by atoms with E-state index in [1.165, 1.54) is 24.3 Å². The maximum Gasteiger partial charge on any atom is 0.314 e. The minimum Gasteiger partial charge on any atom is -0.506 e. The first kappa shape index (κ1) is 16.4. The van der Waals surface area contributed by atoms with Gasteiger partial charge in [0, 0.05) is 5.02 Å². The molecular formula is C14H9Cl3N2O3. The van der Waals surface area contributed by atoms with Crippen LogP contribution in [0.4, 0.5) is 11.4 Å². The molecule has 0 spiro atoms. The summed E-state index contributed by atoms with van der Waals surface area (Å²) in [6, 6.07) is 8.67. The van der Waals surface area contributed by atoms with Gasteiger partial charge in [-0.3, -0.25) is 9.59 Å². The second-order valence-corrected chi connectivity index (χ2v) is 5.39. The Morgan fingerprint density at radius 3 is 2.23 bits per heavy atom. The molecule has 0 aliphatic heterocycles. The molecule has 0 fully saturated rings. The van der Waals surface area contributed by atoms with Crippen molar-refractivity contribution in [2.45, 2.75) is 0 Å². The summed E-state index contributed by atoms with van der Waals surface area (Å²) in [4.78, 5) is 23.7. The van der Waals surface area contributed by atoms with Crippen LogP contribution in [0.15, 0.2) is 36.4 Å². The Morgan fingerprint density at radius 2 is 1.55 bits per heavy atom. The van der Waals surface area contributed by atoms with E-state index in [-0.39, 0.29) is 27.2 Å². The number of aromatic hydroxyl groups is 1. The maximum absolute atomic E-state index is 11.8. The molecule has 0 atom stereocenters. The number of rotatable bonds is 2. The summed E-state index contributed by atoms with van der Waals surface area (Å²) in [5.41, 5.74) is 0.217. The van der Waals surface area contributed by atoms with Gasteiger partial charge in [-0.25, -0.2) is 0 Å². The van der Waals surface area contributed by atoms with Crippen molar-refractivity contribution in [1.29, 1.82) is 0 Å². The Kier molecular flexibility index (Phi) is 5.13. The minimum atomic E-state index is -0.992. The van der Waals surface area contributed by atoms with Gasteiger partial charge >= 0.3 is 11.8 Å². The standard InChI is InChI=1S/C14H9Cl3N2O3/c15-7-4-5-11(20)10(6-7)19-14(22)13(21)18-9-3-1-2-8(16)12(9)17/h1-6,20H,(H,18,21)(H,19,22). The van der Waals surface area contributed by atoms with Crippen molar-refractivity contribution in [1.82, 2.24) is 0 Å². The van der Waals surface area contributed by atoms with E-state index < -0.39 is 11.8 Å². The molecule has 0 bridgehead atoms. The van der Waals surface area contributed by atoms with Crippen LogP contribution in [-0.4, -0.2) is 16.9 Å². The largest absolute Gasteiger partial charge is 0.506 e. The fourth-order valence-corrected chi connectivity index (χ4v) is 2.09. The molecule has 0 aromatic heterocycles.